The minimum absolute atomic E-state index is 0.203. The van der Waals surface area contributed by atoms with E-state index in [0.29, 0.717) is 13.2 Å². The van der Waals surface area contributed by atoms with Crippen molar-refractivity contribution in [3.8, 4) is 0 Å². The lowest BCUT2D eigenvalue weighted by Gasteiger charge is -2.23. The molecule has 0 saturated heterocycles. The van der Waals surface area contributed by atoms with E-state index >= 15 is 0 Å². The number of rotatable bonds is 21. The summed E-state index contributed by atoms with van der Waals surface area (Å²) in [6, 6.07) is 0. The van der Waals surface area contributed by atoms with Crippen LogP contribution in [0.1, 0.15) is 96.8 Å². The van der Waals surface area contributed by atoms with Crippen molar-refractivity contribution in [3.05, 3.63) is 0 Å². The van der Waals surface area contributed by atoms with Crippen molar-refractivity contribution in [3.63, 3.8) is 0 Å². The summed E-state index contributed by atoms with van der Waals surface area (Å²) >= 11 is 0. The number of quaternary nitrogens is 1. The molecule has 0 rings (SSSR count). The number of ether oxygens (including phenoxy) is 1. The van der Waals surface area contributed by atoms with Crippen LogP contribution in [0, 0.1) is 0 Å². The Morgan fingerprint density at radius 2 is 1.14 bits per heavy atom. The molecule has 1 unspecified atom stereocenters. The van der Waals surface area contributed by atoms with Gasteiger partial charge in [-0.15, -0.1) is 0 Å². The van der Waals surface area contributed by atoms with E-state index in [-0.39, 0.29) is 6.35 Å². The van der Waals surface area contributed by atoms with Crippen molar-refractivity contribution < 1.29 is 23.2 Å². The summed E-state index contributed by atoms with van der Waals surface area (Å²) in [7, 11) is 2.60. The molecule has 0 spiro atoms. The fourth-order valence-electron chi connectivity index (χ4n) is 3.06. The van der Waals surface area contributed by atoms with Gasteiger partial charge in [-0.2, -0.15) is 0 Å². The third kappa shape index (κ3) is 22.4. The Morgan fingerprint density at radius 3 is 1.57 bits per heavy atom. The second kappa shape index (κ2) is 17.9. The van der Waals surface area contributed by atoms with Crippen LogP contribution in [-0.2, 0) is 13.8 Å². The van der Waals surface area contributed by atoms with Gasteiger partial charge in [0.15, 0.2) is 0 Å². The fraction of sp³-hybridized carbons (Fsp3) is 1.00. The normalized spacial score (nSPS) is 14.3. The van der Waals surface area contributed by atoms with Crippen LogP contribution in [0.4, 0.5) is 0 Å². The first kappa shape index (κ1) is 28.1. The van der Waals surface area contributed by atoms with Crippen molar-refractivity contribution in [2.45, 2.75) is 96.8 Å². The zero-order chi connectivity index (χ0) is 21.1. The third-order valence-electron chi connectivity index (χ3n) is 4.95. The maximum absolute atomic E-state index is 11.9. The Morgan fingerprint density at radius 1 is 0.714 bits per heavy atom. The average molecular weight is 423 g/mol. The van der Waals surface area contributed by atoms with E-state index in [1.54, 1.807) is 0 Å². The van der Waals surface area contributed by atoms with Crippen LogP contribution in [0.25, 0.3) is 0 Å². The summed E-state index contributed by atoms with van der Waals surface area (Å²) in [5, 5.41) is 0. The molecule has 0 aliphatic heterocycles. The van der Waals surface area contributed by atoms with Crippen LogP contribution in [-0.4, -0.2) is 56.6 Å². The molecule has 6 heteroatoms. The fourth-order valence-corrected chi connectivity index (χ4v) is 3.91. The average Bonchev–Trinajstić information content (AvgIpc) is 2.61. The van der Waals surface area contributed by atoms with E-state index in [4.69, 9.17) is 9.26 Å². The lowest BCUT2D eigenvalue weighted by Crippen LogP contribution is -2.37. The molecule has 0 aliphatic carbocycles. The molecule has 0 fully saturated rings. The van der Waals surface area contributed by atoms with Crippen LogP contribution in [0.3, 0.4) is 0 Å². The van der Waals surface area contributed by atoms with Gasteiger partial charge < -0.3 is 18.6 Å². The molecule has 0 bridgehead atoms. The molecule has 170 valence electrons. The summed E-state index contributed by atoms with van der Waals surface area (Å²) in [4.78, 5) is 9.75. The molecule has 0 aliphatic rings. The summed E-state index contributed by atoms with van der Waals surface area (Å²) in [5.74, 6) is 0. The highest BCUT2D eigenvalue weighted by molar-refractivity contribution is 7.52. The Bertz CT molecular complexity index is 385. The van der Waals surface area contributed by atoms with E-state index in [1.165, 1.54) is 77.0 Å². The lowest BCUT2D eigenvalue weighted by molar-refractivity contribution is -0.870. The molecule has 28 heavy (non-hydrogen) atoms. The standard InChI is InChI=1S/C22H48NO4P/c1-5-6-7-8-9-10-11-12-13-14-15-16-17-18-20-27-28(24,25)22-26-21-19-23(2,3)4/h5-22H2,1-4H3/p+1. The third-order valence-corrected chi connectivity index (χ3v) is 6.05. The predicted octanol–water partition coefficient (Wildman–Crippen LogP) is 6.35. The SMILES string of the molecule is CCCCCCCCCCCCCCCCOP(=O)(O)COCC[N+](C)(C)C. The number of hydrogen-bond acceptors (Lipinski definition) is 3. The topological polar surface area (TPSA) is 55.8 Å². The van der Waals surface area contributed by atoms with Crippen molar-refractivity contribution in [2.24, 2.45) is 0 Å². The summed E-state index contributed by atoms with van der Waals surface area (Å²) < 4.78 is 23.1. The molecular formula is C22H49NO4P+. The zero-order valence-corrected chi connectivity index (χ0v) is 20.2. The second-order valence-electron chi connectivity index (χ2n) is 9.12. The van der Waals surface area contributed by atoms with Crippen LogP contribution in [0.2, 0.25) is 0 Å². The molecule has 0 aromatic carbocycles. The van der Waals surface area contributed by atoms with Gasteiger partial charge in [-0.3, -0.25) is 4.57 Å². The van der Waals surface area contributed by atoms with Gasteiger partial charge in [0.1, 0.15) is 12.9 Å². The lowest BCUT2D eigenvalue weighted by atomic mass is 10.0. The van der Waals surface area contributed by atoms with Crippen LogP contribution >= 0.6 is 7.60 Å². The van der Waals surface area contributed by atoms with Crippen molar-refractivity contribution in [2.75, 3.05) is 47.2 Å². The monoisotopic (exact) mass is 422 g/mol. The highest BCUT2D eigenvalue weighted by atomic mass is 31.2. The van der Waals surface area contributed by atoms with Crippen LogP contribution < -0.4 is 0 Å². The molecular weight excluding hydrogens is 373 g/mol. The van der Waals surface area contributed by atoms with E-state index < -0.39 is 7.60 Å². The quantitative estimate of drug-likeness (QED) is 0.133. The maximum atomic E-state index is 11.9. The molecule has 0 heterocycles. The minimum Gasteiger partial charge on any atom is -0.363 e. The van der Waals surface area contributed by atoms with Crippen molar-refractivity contribution in [1.29, 1.82) is 0 Å². The minimum atomic E-state index is -3.59. The Labute approximate surface area is 175 Å². The van der Waals surface area contributed by atoms with Crippen molar-refractivity contribution in [1.82, 2.24) is 0 Å². The predicted molar refractivity (Wildman–Crippen MR) is 120 cm³/mol. The van der Waals surface area contributed by atoms with Gasteiger partial charge in [-0.25, -0.2) is 0 Å². The van der Waals surface area contributed by atoms with E-state index in [9.17, 15) is 9.46 Å². The van der Waals surface area contributed by atoms with Gasteiger partial charge in [0.25, 0.3) is 0 Å². The Kier molecular flexibility index (Phi) is 17.9. The zero-order valence-electron chi connectivity index (χ0n) is 19.3. The largest absolute Gasteiger partial charge is 0.363 e. The van der Waals surface area contributed by atoms with E-state index in [2.05, 4.69) is 28.1 Å². The number of unbranched alkanes of at least 4 members (excludes halogenated alkanes) is 13. The van der Waals surface area contributed by atoms with Crippen LogP contribution in [0.15, 0.2) is 0 Å². The van der Waals surface area contributed by atoms with Gasteiger partial charge >= 0.3 is 7.60 Å². The molecule has 0 radical (unpaired) electrons. The molecule has 1 atom stereocenters. The molecule has 0 aromatic heterocycles. The first-order valence-corrected chi connectivity index (χ1v) is 13.4. The second-order valence-corrected chi connectivity index (χ2v) is 10.9. The van der Waals surface area contributed by atoms with Crippen LogP contribution in [0.5, 0.6) is 0 Å². The summed E-state index contributed by atoms with van der Waals surface area (Å²) in [6.45, 7) is 3.89. The molecule has 0 aromatic rings. The van der Waals surface area contributed by atoms with Gasteiger partial charge in [-0.1, -0.05) is 90.4 Å². The van der Waals surface area contributed by atoms with Crippen molar-refractivity contribution >= 4 is 7.60 Å². The number of nitrogens with zero attached hydrogens (tertiary/aromatic N) is 1. The summed E-state index contributed by atoms with van der Waals surface area (Å²) in [5.41, 5.74) is 0. The highest BCUT2D eigenvalue weighted by Crippen LogP contribution is 2.41. The maximum Gasteiger partial charge on any atom is 0.353 e. The molecule has 5 nitrogen and oxygen atoms in total. The molecule has 0 saturated carbocycles. The first-order chi connectivity index (χ1) is 13.3. The Hall–Kier alpha value is 0.0700. The summed E-state index contributed by atoms with van der Waals surface area (Å²) in [6.07, 6.45) is 18.0. The molecule has 1 N–H and O–H groups in total. The van der Waals surface area contributed by atoms with Gasteiger partial charge in [-0.05, 0) is 6.42 Å². The molecule has 0 amide bonds. The van der Waals surface area contributed by atoms with Gasteiger partial charge in [0.05, 0.1) is 34.4 Å². The highest BCUT2D eigenvalue weighted by Gasteiger charge is 2.19. The Balaban J connectivity index is 3.32. The van der Waals surface area contributed by atoms with E-state index in [1.807, 2.05) is 0 Å². The number of hydrogen-bond donors (Lipinski definition) is 1. The van der Waals surface area contributed by atoms with Gasteiger partial charge in [0.2, 0.25) is 0 Å². The van der Waals surface area contributed by atoms with E-state index in [0.717, 1.165) is 23.9 Å². The first-order valence-electron chi connectivity index (χ1n) is 11.6. The smallest absolute Gasteiger partial charge is 0.353 e. The van der Waals surface area contributed by atoms with Gasteiger partial charge in [0, 0.05) is 0 Å². The number of likely N-dealkylation sites (N-methyl/N-ethyl adjacent to an activating group) is 1.